The van der Waals surface area contributed by atoms with Crippen LogP contribution in [0.2, 0.25) is 10.0 Å². The summed E-state index contributed by atoms with van der Waals surface area (Å²) in [7, 11) is 0. The van der Waals surface area contributed by atoms with Gasteiger partial charge in [0.2, 0.25) is 11.8 Å². The predicted octanol–water partition coefficient (Wildman–Crippen LogP) is 5.54. The summed E-state index contributed by atoms with van der Waals surface area (Å²) in [5.41, 5.74) is 1.38. The second-order valence-electron chi connectivity index (χ2n) is 8.08. The third-order valence-electron chi connectivity index (χ3n) is 5.74. The van der Waals surface area contributed by atoms with E-state index in [0.29, 0.717) is 21.2 Å². The van der Waals surface area contributed by atoms with E-state index in [4.69, 9.17) is 23.2 Å². The lowest BCUT2D eigenvalue weighted by Crippen LogP contribution is -2.50. The molecule has 31 heavy (non-hydrogen) atoms. The van der Waals surface area contributed by atoms with Crippen LogP contribution in [0.15, 0.2) is 42.5 Å². The van der Waals surface area contributed by atoms with Crippen molar-refractivity contribution in [3.63, 3.8) is 0 Å². The normalized spacial score (nSPS) is 15.4. The number of carbonyl (C=O) groups is 2. The highest BCUT2D eigenvalue weighted by molar-refractivity contribution is 6.35. The Labute approximate surface area is 192 Å². The van der Waals surface area contributed by atoms with E-state index in [-0.39, 0.29) is 36.6 Å². The van der Waals surface area contributed by atoms with Crippen molar-refractivity contribution < 1.29 is 14.0 Å². The zero-order valence-electron chi connectivity index (χ0n) is 17.5. The molecule has 2 aromatic carbocycles. The average Bonchev–Trinajstić information content (AvgIpc) is 2.75. The molecule has 1 atom stereocenters. The zero-order valence-corrected chi connectivity index (χ0v) is 19.1. The minimum absolute atomic E-state index is 0.0620. The maximum absolute atomic E-state index is 13.2. The van der Waals surface area contributed by atoms with E-state index in [1.54, 1.807) is 37.3 Å². The highest BCUT2D eigenvalue weighted by atomic mass is 35.5. The number of amides is 2. The number of hydrogen-bond acceptors (Lipinski definition) is 2. The maximum atomic E-state index is 13.2. The van der Waals surface area contributed by atoms with Gasteiger partial charge in [0, 0.05) is 22.6 Å². The molecule has 1 saturated carbocycles. The lowest BCUT2D eigenvalue weighted by molar-refractivity contribution is -0.140. The van der Waals surface area contributed by atoms with Crippen LogP contribution in [-0.2, 0) is 22.6 Å². The van der Waals surface area contributed by atoms with Crippen LogP contribution in [0.4, 0.5) is 4.39 Å². The van der Waals surface area contributed by atoms with Crippen molar-refractivity contribution in [3.05, 3.63) is 69.5 Å². The minimum atomic E-state index is -0.679. The van der Waals surface area contributed by atoms with E-state index < -0.39 is 6.04 Å². The van der Waals surface area contributed by atoms with Gasteiger partial charge in [-0.05, 0) is 55.2 Å². The van der Waals surface area contributed by atoms with Gasteiger partial charge in [-0.3, -0.25) is 9.59 Å². The van der Waals surface area contributed by atoms with Gasteiger partial charge < -0.3 is 10.2 Å². The molecule has 0 spiro atoms. The fourth-order valence-electron chi connectivity index (χ4n) is 3.86. The zero-order chi connectivity index (χ0) is 22.4. The largest absolute Gasteiger partial charge is 0.352 e. The third kappa shape index (κ3) is 6.68. The highest BCUT2D eigenvalue weighted by Crippen LogP contribution is 2.24. The smallest absolute Gasteiger partial charge is 0.242 e. The molecule has 166 valence electrons. The summed E-state index contributed by atoms with van der Waals surface area (Å²) >= 11 is 12.3. The van der Waals surface area contributed by atoms with E-state index in [0.717, 1.165) is 25.7 Å². The SMILES string of the molecule is CC(C(=O)NC1CCCCC1)N(Cc1ccc(Cl)cc1Cl)C(=O)Cc1ccc(F)cc1. The number of rotatable bonds is 7. The Morgan fingerprint density at radius 3 is 2.42 bits per heavy atom. The van der Waals surface area contributed by atoms with Gasteiger partial charge in [0.25, 0.3) is 0 Å². The van der Waals surface area contributed by atoms with Crippen LogP contribution < -0.4 is 5.32 Å². The van der Waals surface area contributed by atoms with Gasteiger partial charge in [-0.2, -0.15) is 0 Å². The average molecular weight is 465 g/mol. The van der Waals surface area contributed by atoms with Crippen LogP contribution in [0.3, 0.4) is 0 Å². The van der Waals surface area contributed by atoms with Crippen LogP contribution in [0.5, 0.6) is 0 Å². The standard InChI is InChI=1S/C24H27Cl2FN2O2/c1-16(24(31)28-21-5-3-2-4-6-21)29(15-18-9-10-19(25)14-22(18)26)23(30)13-17-7-11-20(27)12-8-17/h7-12,14,16,21H,2-6,13,15H2,1H3,(H,28,31). The van der Waals surface area contributed by atoms with Crippen LogP contribution in [0.1, 0.15) is 50.2 Å². The van der Waals surface area contributed by atoms with Crippen molar-refractivity contribution in [3.8, 4) is 0 Å². The number of carbonyl (C=O) groups excluding carboxylic acids is 2. The van der Waals surface area contributed by atoms with Gasteiger partial charge in [-0.25, -0.2) is 4.39 Å². The minimum Gasteiger partial charge on any atom is -0.352 e. The molecule has 7 heteroatoms. The topological polar surface area (TPSA) is 49.4 Å². The first-order chi connectivity index (χ1) is 14.8. The van der Waals surface area contributed by atoms with Crippen LogP contribution in [-0.4, -0.2) is 28.8 Å². The van der Waals surface area contributed by atoms with Crippen LogP contribution >= 0.6 is 23.2 Å². The molecule has 0 heterocycles. The summed E-state index contributed by atoms with van der Waals surface area (Å²) < 4.78 is 13.2. The first-order valence-corrected chi connectivity index (χ1v) is 11.4. The number of benzene rings is 2. The van der Waals surface area contributed by atoms with Gasteiger partial charge in [-0.1, -0.05) is 60.7 Å². The lowest BCUT2D eigenvalue weighted by Gasteiger charge is -2.31. The van der Waals surface area contributed by atoms with E-state index in [1.165, 1.54) is 23.5 Å². The fourth-order valence-corrected chi connectivity index (χ4v) is 4.33. The molecule has 0 bridgehead atoms. The molecule has 1 unspecified atom stereocenters. The second kappa shape index (κ2) is 11.0. The summed E-state index contributed by atoms with van der Waals surface area (Å²) in [5, 5.41) is 4.04. The third-order valence-corrected chi connectivity index (χ3v) is 6.33. The highest BCUT2D eigenvalue weighted by Gasteiger charge is 2.28. The number of halogens is 3. The van der Waals surface area contributed by atoms with Gasteiger partial charge >= 0.3 is 0 Å². The molecule has 3 rings (SSSR count). The first kappa shape index (κ1) is 23.6. The molecule has 1 aliphatic rings. The molecule has 0 aromatic heterocycles. The first-order valence-electron chi connectivity index (χ1n) is 10.6. The maximum Gasteiger partial charge on any atom is 0.242 e. The number of nitrogens with zero attached hydrogens (tertiary/aromatic N) is 1. The van der Waals surface area contributed by atoms with Gasteiger partial charge in [-0.15, -0.1) is 0 Å². The monoisotopic (exact) mass is 464 g/mol. The Morgan fingerprint density at radius 1 is 1.10 bits per heavy atom. The Bertz CT molecular complexity index is 914. The molecule has 2 aromatic rings. The van der Waals surface area contributed by atoms with E-state index in [2.05, 4.69) is 5.32 Å². The Kier molecular flexibility index (Phi) is 8.33. The molecule has 1 N–H and O–H groups in total. The quantitative estimate of drug-likeness (QED) is 0.584. The molecule has 4 nitrogen and oxygen atoms in total. The Balaban J connectivity index is 1.78. The van der Waals surface area contributed by atoms with Gasteiger partial charge in [0.05, 0.1) is 6.42 Å². The molecule has 0 radical (unpaired) electrons. The van der Waals surface area contributed by atoms with Crippen molar-refractivity contribution >= 4 is 35.0 Å². The van der Waals surface area contributed by atoms with Crippen molar-refractivity contribution in [2.45, 2.75) is 64.1 Å². The molecule has 0 aliphatic heterocycles. The lowest BCUT2D eigenvalue weighted by atomic mass is 9.95. The van der Waals surface area contributed by atoms with Crippen LogP contribution in [0, 0.1) is 5.82 Å². The molecular formula is C24H27Cl2FN2O2. The molecule has 1 fully saturated rings. The molecule has 0 saturated heterocycles. The van der Waals surface area contributed by atoms with E-state index >= 15 is 0 Å². The molecule has 2 amide bonds. The molecular weight excluding hydrogens is 438 g/mol. The van der Waals surface area contributed by atoms with Crippen molar-refractivity contribution in [2.75, 3.05) is 0 Å². The summed E-state index contributed by atoms with van der Waals surface area (Å²) in [6, 6.07) is 10.4. The number of hydrogen-bond donors (Lipinski definition) is 1. The summed E-state index contributed by atoms with van der Waals surface area (Å²) in [4.78, 5) is 27.7. The molecule has 1 aliphatic carbocycles. The van der Waals surface area contributed by atoms with Crippen molar-refractivity contribution in [1.82, 2.24) is 10.2 Å². The second-order valence-corrected chi connectivity index (χ2v) is 8.92. The van der Waals surface area contributed by atoms with E-state index in [9.17, 15) is 14.0 Å². The Hall–Kier alpha value is -2.11. The van der Waals surface area contributed by atoms with Crippen molar-refractivity contribution in [1.29, 1.82) is 0 Å². The van der Waals surface area contributed by atoms with E-state index in [1.807, 2.05) is 0 Å². The fraction of sp³-hybridized carbons (Fsp3) is 0.417. The van der Waals surface area contributed by atoms with Crippen LogP contribution in [0.25, 0.3) is 0 Å². The van der Waals surface area contributed by atoms with Crippen molar-refractivity contribution in [2.24, 2.45) is 0 Å². The summed E-state index contributed by atoms with van der Waals surface area (Å²) in [5.74, 6) is -0.769. The number of nitrogens with one attached hydrogen (secondary N) is 1. The Morgan fingerprint density at radius 2 is 1.77 bits per heavy atom. The predicted molar refractivity (Wildman–Crippen MR) is 122 cm³/mol. The summed E-state index contributed by atoms with van der Waals surface area (Å²) in [6.45, 7) is 1.90. The van der Waals surface area contributed by atoms with Gasteiger partial charge in [0.1, 0.15) is 11.9 Å². The summed E-state index contributed by atoms with van der Waals surface area (Å²) in [6.07, 6.45) is 5.39. The van der Waals surface area contributed by atoms with Gasteiger partial charge in [0.15, 0.2) is 0 Å².